The number of rotatable bonds is 4. The molecule has 1 rings (SSSR count). The molecule has 17 heavy (non-hydrogen) atoms. The highest BCUT2D eigenvalue weighted by molar-refractivity contribution is 5.98. The van der Waals surface area contributed by atoms with Gasteiger partial charge in [-0.05, 0) is 13.0 Å². The summed E-state index contributed by atoms with van der Waals surface area (Å²) in [5.74, 6) is 0.901. The van der Waals surface area contributed by atoms with Crippen molar-refractivity contribution >= 4 is 5.84 Å². The standard InChI is InChI=1S/C14H19N3/c1-4-13(15)11-16-14(17(3)5-2)12-9-7-6-8-10-12/h4,6-11H,1,5,15H2,2-3H3/b13-11+,16-14?. The minimum atomic E-state index is 0.558. The molecule has 0 aliphatic heterocycles. The van der Waals surface area contributed by atoms with Crippen molar-refractivity contribution in [3.05, 3.63) is 60.4 Å². The Morgan fingerprint density at radius 2 is 2.06 bits per heavy atom. The SMILES string of the molecule is C=C/C(N)=C\N=C(c1ccccc1)N(C)CC. The van der Waals surface area contributed by atoms with Crippen LogP contribution < -0.4 is 5.73 Å². The van der Waals surface area contributed by atoms with E-state index in [0.717, 1.165) is 17.9 Å². The van der Waals surface area contributed by atoms with Crippen LogP contribution in [0.1, 0.15) is 12.5 Å². The van der Waals surface area contributed by atoms with Crippen molar-refractivity contribution in [2.24, 2.45) is 10.7 Å². The first kappa shape index (κ1) is 13.0. The fourth-order valence-corrected chi connectivity index (χ4v) is 1.32. The smallest absolute Gasteiger partial charge is 0.135 e. The molecule has 2 N–H and O–H groups in total. The van der Waals surface area contributed by atoms with Crippen molar-refractivity contribution in [2.45, 2.75) is 6.92 Å². The fourth-order valence-electron chi connectivity index (χ4n) is 1.32. The zero-order valence-electron chi connectivity index (χ0n) is 10.4. The van der Waals surface area contributed by atoms with Gasteiger partial charge in [-0.2, -0.15) is 0 Å². The maximum atomic E-state index is 5.66. The molecule has 0 saturated heterocycles. The Hall–Kier alpha value is -2.03. The quantitative estimate of drug-likeness (QED) is 0.489. The highest BCUT2D eigenvalue weighted by Crippen LogP contribution is 2.05. The number of hydrogen-bond acceptors (Lipinski definition) is 2. The molecule has 0 aliphatic carbocycles. The van der Waals surface area contributed by atoms with E-state index in [1.54, 1.807) is 12.3 Å². The van der Waals surface area contributed by atoms with Gasteiger partial charge in [-0.25, -0.2) is 4.99 Å². The lowest BCUT2D eigenvalue weighted by atomic mass is 10.2. The number of allylic oxidation sites excluding steroid dienone is 1. The summed E-state index contributed by atoms with van der Waals surface area (Å²) in [6.45, 7) is 6.57. The first-order valence-electron chi connectivity index (χ1n) is 5.61. The molecule has 0 spiro atoms. The van der Waals surface area contributed by atoms with E-state index in [9.17, 15) is 0 Å². The average Bonchev–Trinajstić information content (AvgIpc) is 2.39. The lowest BCUT2D eigenvalue weighted by Gasteiger charge is -2.19. The number of aliphatic imine (C=N–C) groups is 1. The van der Waals surface area contributed by atoms with Crippen LogP contribution in [0.2, 0.25) is 0 Å². The lowest BCUT2D eigenvalue weighted by molar-refractivity contribution is 0.536. The Kier molecular flexibility index (Phi) is 5.01. The van der Waals surface area contributed by atoms with Crippen LogP contribution in [0.4, 0.5) is 0 Å². The van der Waals surface area contributed by atoms with Crippen LogP contribution in [0.3, 0.4) is 0 Å². The van der Waals surface area contributed by atoms with E-state index < -0.39 is 0 Å². The largest absolute Gasteiger partial charge is 0.397 e. The van der Waals surface area contributed by atoms with Crippen LogP contribution in [0, 0.1) is 0 Å². The number of amidine groups is 1. The van der Waals surface area contributed by atoms with Crippen molar-refractivity contribution in [2.75, 3.05) is 13.6 Å². The molecule has 0 radical (unpaired) electrons. The van der Waals surface area contributed by atoms with Crippen molar-refractivity contribution in [1.29, 1.82) is 0 Å². The van der Waals surface area contributed by atoms with Gasteiger partial charge in [0.1, 0.15) is 5.84 Å². The number of hydrogen-bond donors (Lipinski definition) is 1. The summed E-state index contributed by atoms with van der Waals surface area (Å²) in [4.78, 5) is 6.49. The van der Waals surface area contributed by atoms with Gasteiger partial charge in [0.15, 0.2) is 0 Å². The normalized spacial score (nSPS) is 12.4. The Morgan fingerprint density at radius 1 is 1.41 bits per heavy atom. The zero-order chi connectivity index (χ0) is 12.7. The molecule has 3 nitrogen and oxygen atoms in total. The van der Waals surface area contributed by atoms with Gasteiger partial charge >= 0.3 is 0 Å². The van der Waals surface area contributed by atoms with E-state index in [2.05, 4.69) is 23.4 Å². The van der Waals surface area contributed by atoms with Gasteiger partial charge in [0.2, 0.25) is 0 Å². The van der Waals surface area contributed by atoms with Crippen LogP contribution in [0.25, 0.3) is 0 Å². The van der Waals surface area contributed by atoms with Crippen LogP contribution in [-0.2, 0) is 0 Å². The Balaban J connectivity index is 3.09. The predicted molar refractivity (Wildman–Crippen MR) is 73.8 cm³/mol. The van der Waals surface area contributed by atoms with E-state index in [4.69, 9.17) is 5.73 Å². The summed E-state index contributed by atoms with van der Waals surface area (Å²) in [5.41, 5.74) is 7.29. The van der Waals surface area contributed by atoms with Gasteiger partial charge in [0, 0.05) is 24.9 Å². The summed E-state index contributed by atoms with van der Waals surface area (Å²) < 4.78 is 0. The third kappa shape index (κ3) is 3.79. The maximum Gasteiger partial charge on any atom is 0.135 e. The van der Waals surface area contributed by atoms with Gasteiger partial charge in [-0.15, -0.1) is 0 Å². The molecule has 90 valence electrons. The number of nitrogens with two attached hydrogens (primary N) is 1. The average molecular weight is 229 g/mol. The molecule has 0 aliphatic rings. The summed E-state index contributed by atoms with van der Waals surface area (Å²) in [6, 6.07) is 10.0. The Labute approximate surface area is 103 Å². The third-order valence-corrected chi connectivity index (χ3v) is 2.44. The second kappa shape index (κ2) is 6.53. The van der Waals surface area contributed by atoms with Crippen molar-refractivity contribution in [3.8, 4) is 0 Å². The molecule has 0 bridgehead atoms. The molecule has 0 aromatic heterocycles. The molecule has 3 heteroatoms. The summed E-state index contributed by atoms with van der Waals surface area (Å²) in [7, 11) is 2.00. The van der Waals surface area contributed by atoms with Gasteiger partial charge in [-0.3, -0.25) is 0 Å². The summed E-state index contributed by atoms with van der Waals surface area (Å²) >= 11 is 0. The summed E-state index contributed by atoms with van der Waals surface area (Å²) in [6.07, 6.45) is 3.21. The number of nitrogens with zero attached hydrogens (tertiary/aromatic N) is 2. The van der Waals surface area contributed by atoms with Crippen molar-refractivity contribution in [3.63, 3.8) is 0 Å². The highest BCUT2D eigenvalue weighted by atomic mass is 15.2. The van der Waals surface area contributed by atoms with Gasteiger partial charge < -0.3 is 10.6 Å². The Morgan fingerprint density at radius 3 is 2.59 bits per heavy atom. The topological polar surface area (TPSA) is 41.6 Å². The van der Waals surface area contributed by atoms with E-state index in [0.29, 0.717) is 5.70 Å². The fraction of sp³-hybridized carbons (Fsp3) is 0.214. The molecule has 0 fully saturated rings. The van der Waals surface area contributed by atoms with E-state index >= 15 is 0 Å². The van der Waals surface area contributed by atoms with Crippen LogP contribution in [-0.4, -0.2) is 24.3 Å². The second-order valence-electron chi connectivity index (χ2n) is 3.67. The molecule has 0 amide bonds. The second-order valence-corrected chi connectivity index (χ2v) is 3.67. The molecule has 1 aromatic rings. The van der Waals surface area contributed by atoms with Gasteiger partial charge in [0.05, 0.1) is 6.20 Å². The molecule has 0 heterocycles. The van der Waals surface area contributed by atoms with Gasteiger partial charge in [-0.1, -0.05) is 36.9 Å². The van der Waals surface area contributed by atoms with Crippen LogP contribution in [0.5, 0.6) is 0 Å². The molecular formula is C14H19N3. The van der Waals surface area contributed by atoms with Crippen LogP contribution in [0.15, 0.2) is 59.9 Å². The Bertz CT molecular complexity index is 418. The van der Waals surface area contributed by atoms with Crippen molar-refractivity contribution in [1.82, 2.24) is 4.90 Å². The first-order valence-corrected chi connectivity index (χ1v) is 5.61. The predicted octanol–water partition coefficient (Wildman–Crippen LogP) is 2.37. The van der Waals surface area contributed by atoms with E-state index in [1.165, 1.54) is 0 Å². The molecule has 0 atom stereocenters. The lowest BCUT2D eigenvalue weighted by Crippen LogP contribution is -2.27. The highest BCUT2D eigenvalue weighted by Gasteiger charge is 2.06. The molecule has 1 aromatic carbocycles. The minimum Gasteiger partial charge on any atom is -0.397 e. The van der Waals surface area contributed by atoms with E-state index in [1.807, 2.05) is 37.4 Å². The number of benzene rings is 1. The van der Waals surface area contributed by atoms with Crippen LogP contribution >= 0.6 is 0 Å². The van der Waals surface area contributed by atoms with Gasteiger partial charge in [0.25, 0.3) is 0 Å². The minimum absolute atomic E-state index is 0.558. The van der Waals surface area contributed by atoms with E-state index in [-0.39, 0.29) is 0 Å². The third-order valence-electron chi connectivity index (χ3n) is 2.44. The summed E-state index contributed by atoms with van der Waals surface area (Å²) in [5, 5.41) is 0. The molecular weight excluding hydrogens is 210 g/mol. The maximum absolute atomic E-state index is 5.66. The first-order chi connectivity index (χ1) is 8.19. The monoisotopic (exact) mass is 229 g/mol. The zero-order valence-corrected chi connectivity index (χ0v) is 10.4. The molecule has 0 unspecified atom stereocenters. The van der Waals surface area contributed by atoms with Crippen molar-refractivity contribution < 1.29 is 0 Å². The molecule has 0 saturated carbocycles.